The van der Waals surface area contributed by atoms with Crippen molar-refractivity contribution in [1.29, 1.82) is 0 Å². The topological polar surface area (TPSA) is 76.1 Å². The number of hydrogen-bond acceptors (Lipinski definition) is 5. The number of methoxy groups -OCH3 is 1. The molecule has 1 amide bonds. The molecule has 1 saturated carbocycles. The van der Waals surface area contributed by atoms with Gasteiger partial charge in [0, 0.05) is 6.54 Å². The maximum absolute atomic E-state index is 12.2. The minimum Gasteiger partial charge on any atom is -0.464 e. The third-order valence-corrected chi connectivity index (χ3v) is 4.43. The lowest BCUT2D eigenvalue weighted by molar-refractivity contribution is -0.155. The zero-order valence-electron chi connectivity index (χ0n) is 12.1. The lowest BCUT2D eigenvalue weighted by Gasteiger charge is -2.46. The lowest BCUT2D eigenvalue weighted by atomic mass is 9.70. The van der Waals surface area contributed by atoms with E-state index in [0.717, 1.165) is 12.8 Å². The van der Waals surface area contributed by atoms with E-state index < -0.39 is 12.1 Å². The summed E-state index contributed by atoms with van der Waals surface area (Å²) in [7, 11) is 1.32. The number of hydrogen-bond donors (Lipinski definition) is 1. The summed E-state index contributed by atoms with van der Waals surface area (Å²) in [5.74, 6) is -0.0247. The van der Waals surface area contributed by atoms with Crippen LogP contribution < -0.4 is 0 Å². The van der Waals surface area contributed by atoms with Gasteiger partial charge in [-0.05, 0) is 44.4 Å². The van der Waals surface area contributed by atoms with E-state index >= 15 is 0 Å². The zero-order chi connectivity index (χ0) is 14.7. The molecule has 2 fully saturated rings. The zero-order valence-corrected chi connectivity index (χ0v) is 12.1. The number of aliphatic hydroxyl groups excluding tert-OH is 1. The lowest BCUT2D eigenvalue weighted by Crippen LogP contribution is -2.57. The largest absolute Gasteiger partial charge is 0.464 e. The molecule has 0 aromatic carbocycles. The second-order valence-corrected chi connectivity index (χ2v) is 5.54. The van der Waals surface area contributed by atoms with Gasteiger partial charge in [-0.2, -0.15) is 0 Å². The van der Waals surface area contributed by atoms with Crippen molar-refractivity contribution < 1.29 is 24.2 Å². The van der Waals surface area contributed by atoms with Gasteiger partial charge < -0.3 is 14.6 Å². The molecule has 1 aliphatic carbocycles. The van der Waals surface area contributed by atoms with Crippen LogP contribution in [0.5, 0.6) is 0 Å². The minimum absolute atomic E-state index is 0.0605. The van der Waals surface area contributed by atoms with Gasteiger partial charge in [0.1, 0.15) is 6.04 Å². The van der Waals surface area contributed by atoms with Gasteiger partial charge in [-0.15, -0.1) is 0 Å². The van der Waals surface area contributed by atoms with Crippen LogP contribution in [0.15, 0.2) is 0 Å². The number of amides is 1. The van der Waals surface area contributed by atoms with Crippen molar-refractivity contribution in [3.8, 4) is 0 Å². The molecule has 1 saturated heterocycles. The molecule has 6 heteroatoms. The van der Waals surface area contributed by atoms with Gasteiger partial charge in [0.15, 0.2) is 0 Å². The Bertz CT molecular complexity index is 373. The fraction of sp³-hybridized carbons (Fsp3) is 0.857. The molecular weight excluding hydrogens is 262 g/mol. The summed E-state index contributed by atoms with van der Waals surface area (Å²) in [6.07, 6.45) is 2.15. The van der Waals surface area contributed by atoms with Crippen LogP contribution in [-0.4, -0.2) is 54.5 Å². The van der Waals surface area contributed by atoms with Crippen molar-refractivity contribution in [3.63, 3.8) is 0 Å². The van der Waals surface area contributed by atoms with E-state index in [-0.39, 0.29) is 23.9 Å². The number of esters is 1. The fourth-order valence-electron chi connectivity index (χ4n) is 3.54. The van der Waals surface area contributed by atoms with Gasteiger partial charge in [0.05, 0.1) is 19.8 Å². The Morgan fingerprint density at radius 2 is 2.05 bits per heavy atom. The summed E-state index contributed by atoms with van der Waals surface area (Å²) in [5.41, 5.74) is 0. The molecule has 1 aliphatic heterocycles. The molecule has 0 radical (unpaired) electrons. The van der Waals surface area contributed by atoms with Crippen molar-refractivity contribution in [3.05, 3.63) is 0 Å². The molecule has 2 aliphatic rings. The first-order chi connectivity index (χ1) is 9.58. The predicted octanol–water partition coefficient (Wildman–Crippen LogP) is 1.17. The molecule has 20 heavy (non-hydrogen) atoms. The Labute approximate surface area is 119 Å². The third-order valence-electron chi connectivity index (χ3n) is 4.43. The number of aliphatic hydroxyl groups is 1. The predicted molar refractivity (Wildman–Crippen MR) is 71.0 cm³/mol. The molecule has 114 valence electrons. The number of carbonyl (C=O) groups is 2. The van der Waals surface area contributed by atoms with Crippen LogP contribution in [0, 0.1) is 11.8 Å². The van der Waals surface area contributed by atoms with Crippen LogP contribution in [0.3, 0.4) is 0 Å². The van der Waals surface area contributed by atoms with Crippen LogP contribution >= 0.6 is 0 Å². The molecule has 6 nitrogen and oxygen atoms in total. The third kappa shape index (κ3) is 2.90. The van der Waals surface area contributed by atoms with Gasteiger partial charge in [0.2, 0.25) is 0 Å². The van der Waals surface area contributed by atoms with E-state index in [9.17, 15) is 14.7 Å². The van der Waals surface area contributed by atoms with Crippen LogP contribution in [-0.2, 0) is 14.3 Å². The van der Waals surface area contributed by atoms with Crippen molar-refractivity contribution in [1.82, 2.24) is 4.90 Å². The molecule has 1 N–H and O–H groups in total. The molecule has 1 heterocycles. The molecule has 2 rings (SSSR count). The van der Waals surface area contributed by atoms with Gasteiger partial charge in [0.25, 0.3) is 0 Å². The number of rotatable bonds is 2. The van der Waals surface area contributed by atoms with E-state index in [1.54, 1.807) is 6.92 Å². The van der Waals surface area contributed by atoms with Gasteiger partial charge >= 0.3 is 12.1 Å². The second-order valence-electron chi connectivity index (χ2n) is 5.54. The quantitative estimate of drug-likeness (QED) is 0.771. The maximum Gasteiger partial charge on any atom is 0.410 e. The van der Waals surface area contributed by atoms with Crippen molar-refractivity contribution >= 4 is 12.1 Å². The van der Waals surface area contributed by atoms with Crippen LogP contribution in [0.25, 0.3) is 0 Å². The average Bonchev–Trinajstić information content (AvgIpc) is 2.45. The number of likely N-dealkylation sites (tertiary alicyclic amines) is 1. The van der Waals surface area contributed by atoms with Crippen LogP contribution in [0.2, 0.25) is 0 Å². The summed E-state index contributed by atoms with van der Waals surface area (Å²) >= 11 is 0. The number of fused-ring (bicyclic) bond motifs is 1. The normalized spacial score (nSPS) is 33.2. The molecule has 0 bridgehead atoms. The molecule has 0 aromatic heterocycles. The van der Waals surface area contributed by atoms with Gasteiger partial charge in [-0.25, -0.2) is 9.59 Å². The summed E-state index contributed by atoms with van der Waals surface area (Å²) in [5, 5.41) is 9.78. The van der Waals surface area contributed by atoms with E-state index in [2.05, 4.69) is 0 Å². The highest BCUT2D eigenvalue weighted by Gasteiger charge is 2.47. The smallest absolute Gasteiger partial charge is 0.410 e. The molecule has 0 spiro atoms. The van der Waals surface area contributed by atoms with E-state index in [4.69, 9.17) is 9.47 Å². The molecule has 0 aromatic rings. The Morgan fingerprint density at radius 3 is 2.70 bits per heavy atom. The maximum atomic E-state index is 12.2. The number of nitrogens with zero attached hydrogens (tertiary/aromatic N) is 1. The van der Waals surface area contributed by atoms with Crippen LogP contribution in [0.1, 0.15) is 32.6 Å². The standard InChI is InChI=1S/C14H23NO5/c1-3-20-13(17)12-11-5-4-10(16)8-9(11)6-7-15(12)14(18)19-2/h9-12,16H,3-8H2,1-2H3. The Hall–Kier alpha value is -1.30. The molecule has 4 unspecified atom stereocenters. The first-order valence-corrected chi connectivity index (χ1v) is 7.27. The Morgan fingerprint density at radius 1 is 1.30 bits per heavy atom. The highest BCUT2D eigenvalue weighted by Crippen LogP contribution is 2.40. The number of piperidine rings is 1. The summed E-state index contributed by atoms with van der Waals surface area (Å²) < 4.78 is 9.91. The monoisotopic (exact) mass is 285 g/mol. The summed E-state index contributed by atoms with van der Waals surface area (Å²) in [6.45, 7) is 2.53. The second kappa shape index (κ2) is 6.43. The van der Waals surface area contributed by atoms with Crippen molar-refractivity contribution in [2.24, 2.45) is 11.8 Å². The summed E-state index contributed by atoms with van der Waals surface area (Å²) in [6, 6.07) is -0.575. The van der Waals surface area contributed by atoms with Gasteiger partial charge in [-0.3, -0.25) is 4.90 Å². The summed E-state index contributed by atoms with van der Waals surface area (Å²) in [4.78, 5) is 25.6. The average molecular weight is 285 g/mol. The highest BCUT2D eigenvalue weighted by molar-refractivity contribution is 5.82. The van der Waals surface area contributed by atoms with Crippen molar-refractivity contribution in [2.45, 2.75) is 44.8 Å². The first-order valence-electron chi connectivity index (χ1n) is 7.27. The minimum atomic E-state index is -0.575. The first kappa shape index (κ1) is 15.1. The van der Waals surface area contributed by atoms with E-state index in [1.165, 1.54) is 12.0 Å². The Kier molecular flexibility index (Phi) is 4.86. The Balaban J connectivity index is 2.19. The van der Waals surface area contributed by atoms with Crippen molar-refractivity contribution in [2.75, 3.05) is 20.3 Å². The molecule has 4 atom stereocenters. The van der Waals surface area contributed by atoms with E-state index in [1.807, 2.05) is 0 Å². The number of ether oxygens (including phenoxy) is 2. The fourth-order valence-corrected chi connectivity index (χ4v) is 3.54. The molecular formula is C14H23NO5. The number of carbonyl (C=O) groups excluding carboxylic acids is 2. The van der Waals surface area contributed by atoms with Crippen LogP contribution in [0.4, 0.5) is 4.79 Å². The SMILES string of the molecule is CCOC(=O)C1C2CCC(O)CC2CCN1C(=O)OC. The van der Waals surface area contributed by atoms with Gasteiger partial charge in [-0.1, -0.05) is 0 Å². The highest BCUT2D eigenvalue weighted by atomic mass is 16.6. The van der Waals surface area contributed by atoms with E-state index in [0.29, 0.717) is 26.0 Å².